The maximum atomic E-state index is 5.85. The summed E-state index contributed by atoms with van der Waals surface area (Å²) in [6, 6.07) is 5.95. The maximum Gasteiger partial charge on any atom is 0.0808 e. The molecule has 0 radical (unpaired) electrons. The quantitative estimate of drug-likeness (QED) is 0.816. The van der Waals surface area contributed by atoms with E-state index in [9.17, 15) is 0 Å². The number of hydrogen-bond acceptors (Lipinski definition) is 3. The summed E-state index contributed by atoms with van der Waals surface area (Å²) in [4.78, 5) is 0. The molecule has 1 heterocycles. The van der Waals surface area contributed by atoms with E-state index in [4.69, 9.17) is 15.2 Å². The van der Waals surface area contributed by atoms with Crippen molar-refractivity contribution in [2.24, 2.45) is 0 Å². The molecule has 1 unspecified atom stereocenters. The van der Waals surface area contributed by atoms with E-state index in [1.54, 1.807) is 0 Å². The Morgan fingerprint density at radius 2 is 2.29 bits per heavy atom. The molecule has 0 aliphatic carbocycles. The molecule has 1 aliphatic rings. The van der Waals surface area contributed by atoms with Crippen molar-refractivity contribution in [2.75, 3.05) is 18.9 Å². The van der Waals surface area contributed by atoms with Crippen LogP contribution in [0.1, 0.15) is 30.4 Å². The topological polar surface area (TPSA) is 44.5 Å². The van der Waals surface area contributed by atoms with E-state index in [0.717, 1.165) is 24.3 Å². The highest BCUT2D eigenvalue weighted by atomic mass is 16.5. The molecule has 1 atom stereocenters. The standard InChI is InChI=1S/C14H21NO2/c1-11-12(5-4-7-14(11)15)9-16-10-13-6-2-3-8-17-13/h4-5,7,13H,2-3,6,8-10,15H2,1H3. The fraction of sp³-hybridized carbons (Fsp3) is 0.571. The molecule has 0 spiro atoms. The van der Waals surface area contributed by atoms with Gasteiger partial charge >= 0.3 is 0 Å². The molecule has 3 heteroatoms. The molecular weight excluding hydrogens is 214 g/mol. The van der Waals surface area contributed by atoms with E-state index in [1.807, 2.05) is 19.1 Å². The van der Waals surface area contributed by atoms with Crippen LogP contribution in [0, 0.1) is 6.92 Å². The van der Waals surface area contributed by atoms with Gasteiger partial charge in [-0.15, -0.1) is 0 Å². The van der Waals surface area contributed by atoms with E-state index in [2.05, 4.69) is 6.07 Å². The van der Waals surface area contributed by atoms with Gasteiger partial charge in [0.2, 0.25) is 0 Å². The molecule has 0 amide bonds. The first-order valence-electron chi connectivity index (χ1n) is 6.30. The van der Waals surface area contributed by atoms with Gasteiger partial charge in [-0.05, 0) is 43.4 Å². The molecule has 0 saturated carbocycles. The Kier molecular flexibility index (Phi) is 4.40. The second kappa shape index (κ2) is 6.03. The Bertz CT molecular complexity index is 359. The van der Waals surface area contributed by atoms with Crippen LogP contribution in [0.2, 0.25) is 0 Å². The maximum absolute atomic E-state index is 5.85. The number of hydrogen-bond donors (Lipinski definition) is 1. The summed E-state index contributed by atoms with van der Waals surface area (Å²) in [5.74, 6) is 0. The summed E-state index contributed by atoms with van der Waals surface area (Å²) in [6.45, 7) is 4.22. The van der Waals surface area contributed by atoms with Crippen LogP contribution in [0.4, 0.5) is 5.69 Å². The van der Waals surface area contributed by atoms with Gasteiger partial charge in [0, 0.05) is 12.3 Å². The van der Waals surface area contributed by atoms with Crippen molar-refractivity contribution in [3.63, 3.8) is 0 Å². The SMILES string of the molecule is Cc1c(N)cccc1COCC1CCCCO1. The second-order valence-electron chi connectivity index (χ2n) is 4.64. The molecule has 2 rings (SSSR count). The van der Waals surface area contributed by atoms with Crippen molar-refractivity contribution in [2.45, 2.75) is 38.9 Å². The summed E-state index contributed by atoms with van der Waals surface area (Å²) in [5.41, 5.74) is 8.98. The lowest BCUT2D eigenvalue weighted by molar-refractivity contribution is -0.0448. The third-order valence-electron chi connectivity index (χ3n) is 3.32. The van der Waals surface area contributed by atoms with Crippen LogP contribution in [0.25, 0.3) is 0 Å². The van der Waals surface area contributed by atoms with Crippen molar-refractivity contribution in [1.82, 2.24) is 0 Å². The van der Waals surface area contributed by atoms with Gasteiger partial charge in [0.05, 0.1) is 19.3 Å². The molecule has 17 heavy (non-hydrogen) atoms. The first-order valence-corrected chi connectivity index (χ1v) is 6.30. The van der Waals surface area contributed by atoms with Crippen molar-refractivity contribution in [1.29, 1.82) is 0 Å². The Labute approximate surface area is 103 Å². The molecule has 0 bridgehead atoms. The number of rotatable bonds is 4. The molecule has 94 valence electrons. The van der Waals surface area contributed by atoms with Crippen LogP contribution in [-0.4, -0.2) is 19.3 Å². The van der Waals surface area contributed by atoms with Crippen molar-refractivity contribution in [3.05, 3.63) is 29.3 Å². The zero-order chi connectivity index (χ0) is 12.1. The lowest BCUT2D eigenvalue weighted by Gasteiger charge is -2.22. The summed E-state index contributed by atoms with van der Waals surface area (Å²) in [5, 5.41) is 0. The number of benzene rings is 1. The van der Waals surface area contributed by atoms with Crippen molar-refractivity contribution >= 4 is 5.69 Å². The predicted molar refractivity (Wildman–Crippen MR) is 68.8 cm³/mol. The highest BCUT2D eigenvalue weighted by Crippen LogP contribution is 2.17. The monoisotopic (exact) mass is 235 g/mol. The van der Waals surface area contributed by atoms with E-state index < -0.39 is 0 Å². The summed E-state index contributed by atoms with van der Waals surface area (Å²) in [6.07, 6.45) is 3.84. The Morgan fingerprint density at radius 1 is 1.41 bits per heavy atom. The largest absolute Gasteiger partial charge is 0.399 e. The van der Waals surface area contributed by atoms with E-state index in [0.29, 0.717) is 13.2 Å². The van der Waals surface area contributed by atoms with Crippen LogP contribution in [0.5, 0.6) is 0 Å². The minimum atomic E-state index is 0.283. The van der Waals surface area contributed by atoms with E-state index >= 15 is 0 Å². The lowest BCUT2D eigenvalue weighted by Crippen LogP contribution is -2.24. The van der Waals surface area contributed by atoms with Crippen LogP contribution in [0.3, 0.4) is 0 Å². The van der Waals surface area contributed by atoms with Gasteiger partial charge < -0.3 is 15.2 Å². The number of ether oxygens (including phenoxy) is 2. The molecule has 1 aromatic carbocycles. The van der Waals surface area contributed by atoms with Crippen LogP contribution in [-0.2, 0) is 16.1 Å². The Morgan fingerprint density at radius 3 is 3.06 bits per heavy atom. The molecule has 3 nitrogen and oxygen atoms in total. The van der Waals surface area contributed by atoms with Gasteiger partial charge in [-0.1, -0.05) is 12.1 Å². The van der Waals surface area contributed by atoms with Crippen LogP contribution in [0.15, 0.2) is 18.2 Å². The Balaban J connectivity index is 1.79. The fourth-order valence-electron chi connectivity index (χ4n) is 2.10. The first-order chi connectivity index (χ1) is 8.27. The lowest BCUT2D eigenvalue weighted by atomic mass is 10.1. The van der Waals surface area contributed by atoms with Gasteiger partial charge in [-0.3, -0.25) is 0 Å². The van der Waals surface area contributed by atoms with Gasteiger partial charge in [0.1, 0.15) is 0 Å². The van der Waals surface area contributed by atoms with Gasteiger partial charge in [-0.25, -0.2) is 0 Å². The van der Waals surface area contributed by atoms with Crippen molar-refractivity contribution < 1.29 is 9.47 Å². The third kappa shape index (κ3) is 3.45. The number of anilines is 1. The van der Waals surface area contributed by atoms with Crippen molar-refractivity contribution in [3.8, 4) is 0 Å². The Hall–Kier alpha value is -1.06. The molecule has 2 N–H and O–H groups in total. The first kappa shape index (κ1) is 12.4. The number of nitrogens with two attached hydrogens (primary N) is 1. The van der Waals surface area contributed by atoms with Gasteiger partial charge in [0.15, 0.2) is 0 Å². The molecule has 1 aromatic rings. The molecule has 0 aromatic heterocycles. The molecule has 1 fully saturated rings. The fourth-order valence-corrected chi connectivity index (χ4v) is 2.10. The van der Waals surface area contributed by atoms with Gasteiger partial charge in [-0.2, -0.15) is 0 Å². The third-order valence-corrected chi connectivity index (χ3v) is 3.32. The minimum Gasteiger partial charge on any atom is -0.399 e. The molecular formula is C14H21NO2. The summed E-state index contributed by atoms with van der Waals surface area (Å²) >= 11 is 0. The van der Waals surface area contributed by atoms with E-state index in [-0.39, 0.29) is 6.10 Å². The van der Waals surface area contributed by atoms with Crippen LogP contribution < -0.4 is 5.73 Å². The number of nitrogen functional groups attached to an aromatic ring is 1. The second-order valence-corrected chi connectivity index (χ2v) is 4.64. The zero-order valence-electron chi connectivity index (χ0n) is 10.4. The van der Waals surface area contributed by atoms with Crippen LogP contribution >= 0.6 is 0 Å². The smallest absolute Gasteiger partial charge is 0.0808 e. The highest BCUT2D eigenvalue weighted by molar-refractivity contribution is 5.49. The van der Waals surface area contributed by atoms with E-state index in [1.165, 1.54) is 18.4 Å². The normalized spacial score (nSPS) is 20.4. The van der Waals surface area contributed by atoms with Gasteiger partial charge in [0.25, 0.3) is 0 Å². The average molecular weight is 235 g/mol. The summed E-state index contributed by atoms with van der Waals surface area (Å²) in [7, 11) is 0. The minimum absolute atomic E-state index is 0.283. The highest BCUT2D eigenvalue weighted by Gasteiger charge is 2.13. The zero-order valence-corrected chi connectivity index (χ0v) is 10.4. The summed E-state index contributed by atoms with van der Waals surface area (Å²) < 4.78 is 11.3. The molecule has 1 aliphatic heterocycles. The predicted octanol–water partition coefficient (Wildman–Crippen LogP) is 2.66. The average Bonchev–Trinajstić information content (AvgIpc) is 2.36. The molecule has 1 saturated heterocycles.